The van der Waals surface area contributed by atoms with Crippen LogP contribution in [0, 0.1) is 11.7 Å². The van der Waals surface area contributed by atoms with Gasteiger partial charge in [-0.3, -0.25) is 9.59 Å². The van der Waals surface area contributed by atoms with Crippen LogP contribution in [0.5, 0.6) is 0 Å². The first-order valence-corrected chi connectivity index (χ1v) is 11.9. The summed E-state index contributed by atoms with van der Waals surface area (Å²) in [6.45, 7) is 2.11. The van der Waals surface area contributed by atoms with Gasteiger partial charge in [0.25, 0.3) is 5.91 Å². The molecule has 1 aliphatic rings. The first-order chi connectivity index (χ1) is 17.6. The van der Waals surface area contributed by atoms with Crippen molar-refractivity contribution >= 4 is 40.0 Å². The van der Waals surface area contributed by atoms with Crippen LogP contribution < -0.4 is 10.2 Å². The van der Waals surface area contributed by atoms with Gasteiger partial charge in [-0.05, 0) is 54.1 Å². The van der Waals surface area contributed by atoms with Crippen molar-refractivity contribution in [3.8, 4) is 5.69 Å². The Kier molecular flexibility index (Phi) is 6.19. The Bertz CT molecular complexity index is 1500. The molecule has 190 valence electrons. The Morgan fingerprint density at radius 3 is 2.41 bits per heavy atom. The van der Waals surface area contributed by atoms with Gasteiger partial charge in [-0.25, -0.2) is 9.07 Å². The van der Waals surface area contributed by atoms with Crippen molar-refractivity contribution in [1.82, 2.24) is 15.1 Å². The van der Waals surface area contributed by atoms with Crippen molar-refractivity contribution in [1.29, 1.82) is 0 Å². The predicted molar refractivity (Wildman–Crippen MR) is 134 cm³/mol. The molecular formula is C27H22ClF3N4O2. The Labute approximate surface area is 215 Å². The van der Waals surface area contributed by atoms with E-state index in [2.05, 4.69) is 10.4 Å². The van der Waals surface area contributed by atoms with Crippen LogP contribution in [0.1, 0.15) is 25.5 Å². The number of halogens is 4. The number of benzene rings is 3. The van der Waals surface area contributed by atoms with E-state index < -0.39 is 29.8 Å². The molecule has 0 radical (unpaired) electrons. The molecule has 1 fully saturated rings. The minimum atomic E-state index is -3.62. The second-order valence-electron chi connectivity index (χ2n) is 9.13. The average molecular weight is 527 g/mol. The summed E-state index contributed by atoms with van der Waals surface area (Å²) in [5.74, 6) is -6.59. The van der Waals surface area contributed by atoms with Crippen molar-refractivity contribution in [2.24, 2.45) is 5.92 Å². The first kappa shape index (κ1) is 24.8. The van der Waals surface area contributed by atoms with Crippen LogP contribution in [0.4, 0.5) is 18.9 Å². The third-order valence-electron chi connectivity index (χ3n) is 6.61. The zero-order valence-corrected chi connectivity index (χ0v) is 20.6. The van der Waals surface area contributed by atoms with Gasteiger partial charge in [0, 0.05) is 23.0 Å². The summed E-state index contributed by atoms with van der Waals surface area (Å²) in [6.07, 6.45) is 1.62. The molecule has 4 aromatic rings. The number of aromatic nitrogens is 2. The largest absolute Gasteiger partial charge is 0.345 e. The van der Waals surface area contributed by atoms with E-state index in [0.29, 0.717) is 34.3 Å². The Hall–Kier alpha value is -3.85. The van der Waals surface area contributed by atoms with E-state index >= 15 is 0 Å². The molecule has 1 aliphatic heterocycles. The van der Waals surface area contributed by atoms with Crippen molar-refractivity contribution in [3.63, 3.8) is 0 Å². The standard InChI is InChI=1S/C27H22ClF3N4O2/c1-15-23(33-26(37)27(2,30)31)24(20-5-3-4-6-21(20)28)34(25(15)36)19-11-12-22-16(13-19)14-32-35(22)18-9-7-17(29)8-10-18/h3-15,23-24H,1-2H3,(H,33,37)/t15-,23?,24?/m1/s1. The highest BCUT2D eigenvalue weighted by molar-refractivity contribution is 6.31. The van der Waals surface area contributed by atoms with Crippen molar-refractivity contribution in [2.75, 3.05) is 4.90 Å². The van der Waals surface area contributed by atoms with Gasteiger partial charge in [-0.15, -0.1) is 0 Å². The van der Waals surface area contributed by atoms with E-state index in [1.807, 2.05) is 0 Å². The van der Waals surface area contributed by atoms with Gasteiger partial charge < -0.3 is 10.2 Å². The minimum absolute atomic E-state index is 0.340. The highest BCUT2D eigenvalue weighted by atomic mass is 35.5. The average Bonchev–Trinajstić information content (AvgIpc) is 3.38. The van der Waals surface area contributed by atoms with Gasteiger partial charge in [0.05, 0.1) is 35.4 Å². The van der Waals surface area contributed by atoms with Crippen LogP contribution in [0.2, 0.25) is 5.02 Å². The molecule has 1 N–H and O–H groups in total. The Balaban J connectivity index is 1.59. The number of anilines is 1. The molecule has 37 heavy (non-hydrogen) atoms. The maximum atomic E-state index is 13.8. The lowest BCUT2D eigenvalue weighted by Gasteiger charge is -2.30. The molecule has 2 amide bonds. The third kappa shape index (κ3) is 4.44. The fraction of sp³-hybridized carbons (Fsp3) is 0.222. The van der Waals surface area contributed by atoms with Crippen molar-refractivity contribution in [2.45, 2.75) is 31.9 Å². The molecule has 5 rings (SSSR count). The molecule has 2 heterocycles. The number of carbonyl (C=O) groups excluding carboxylic acids is 2. The normalized spacial score (nSPS) is 20.0. The highest BCUT2D eigenvalue weighted by Crippen LogP contribution is 2.43. The fourth-order valence-corrected chi connectivity index (χ4v) is 4.97. The van der Waals surface area contributed by atoms with E-state index in [1.165, 1.54) is 17.0 Å². The quantitative estimate of drug-likeness (QED) is 0.364. The van der Waals surface area contributed by atoms with E-state index in [1.54, 1.807) is 72.4 Å². The summed E-state index contributed by atoms with van der Waals surface area (Å²) in [4.78, 5) is 27.3. The molecule has 0 spiro atoms. The van der Waals surface area contributed by atoms with Crippen LogP contribution in [0.25, 0.3) is 16.6 Å². The van der Waals surface area contributed by atoms with Crippen LogP contribution >= 0.6 is 11.6 Å². The van der Waals surface area contributed by atoms with Gasteiger partial charge >= 0.3 is 5.92 Å². The number of hydrogen-bond donors (Lipinski definition) is 1. The van der Waals surface area contributed by atoms with E-state index in [-0.39, 0.29) is 11.7 Å². The number of nitrogens with zero attached hydrogens (tertiary/aromatic N) is 3. The van der Waals surface area contributed by atoms with Gasteiger partial charge in [0.15, 0.2) is 0 Å². The summed E-state index contributed by atoms with van der Waals surface area (Å²) in [6, 6.07) is 16.2. The number of nitrogens with one attached hydrogen (secondary N) is 1. The van der Waals surface area contributed by atoms with E-state index in [9.17, 15) is 22.8 Å². The SMILES string of the molecule is C[C@H]1C(=O)N(c2ccc3c(cnn3-c3ccc(F)cc3)c2)C(c2ccccc2Cl)C1NC(=O)C(C)(F)F. The van der Waals surface area contributed by atoms with Crippen LogP contribution in [0.3, 0.4) is 0 Å². The number of alkyl halides is 2. The molecule has 2 unspecified atom stereocenters. The monoisotopic (exact) mass is 526 g/mol. The first-order valence-electron chi connectivity index (χ1n) is 11.6. The van der Waals surface area contributed by atoms with E-state index in [0.717, 1.165) is 5.52 Å². The lowest BCUT2D eigenvalue weighted by Crippen LogP contribution is -2.48. The number of fused-ring (bicyclic) bond motifs is 1. The smallest absolute Gasteiger partial charge is 0.321 e. The predicted octanol–water partition coefficient (Wildman–Crippen LogP) is 5.68. The van der Waals surface area contributed by atoms with Gasteiger partial charge in [-0.1, -0.05) is 36.7 Å². The second kappa shape index (κ2) is 9.23. The summed E-state index contributed by atoms with van der Waals surface area (Å²) < 4.78 is 42.6. The number of hydrogen-bond acceptors (Lipinski definition) is 3. The summed E-state index contributed by atoms with van der Waals surface area (Å²) in [5.41, 5.74) is 2.40. The maximum Gasteiger partial charge on any atom is 0.321 e. The highest BCUT2D eigenvalue weighted by Gasteiger charge is 2.50. The molecule has 0 saturated carbocycles. The molecule has 0 bridgehead atoms. The summed E-state index contributed by atoms with van der Waals surface area (Å²) >= 11 is 6.48. The molecular weight excluding hydrogens is 505 g/mol. The zero-order valence-electron chi connectivity index (χ0n) is 19.8. The van der Waals surface area contributed by atoms with Crippen molar-refractivity contribution in [3.05, 3.63) is 89.3 Å². The van der Waals surface area contributed by atoms with Crippen LogP contribution in [-0.4, -0.2) is 33.6 Å². The summed E-state index contributed by atoms with van der Waals surface area (Å²) in [5, 5.41) is 7.83. The van der Waals surface area contributed by atoms with E-state index in [4.69, 9.17) is 11.6 Å². The van der Waals surface area contributed by atoms with Gasteiger partial charge in [0.1, 0.15) is 5.82 Å². The topological polar surface area (TPSA) is 67.2 Å². The molecule has 3 atom stereocenters. The molecule has 0 aliphatic carbocycles. The molecule has 6 nitrogen and oxygen atoms in total. The maximum absolute atomic E-state index is 13.8. The second-order valence-corrected chi connectivity index (χ2v) is 9.53. The number of rotatable bonds is 5. The van der Waals surface area contributed by atoms with Gasteiger partial charge in [-0.2, -0.15) is 13.9 Å². The Morgan fingerprint density at radius 1 is 1.05 bits per heavy atom. The Morgan fingerprint density at radius 2 is 1.73 bits per heavy atom. The fourth-order valence-electron chi connectivity index (χ4n) is 4.72. The molecule has 1 saturated heterocycles. The zero-order chi connectivity index (χ0) is 26.5. The molecule has 10 heteroatoms. The molecule has 3 aromatic carbocycles. The minimum Gasteiger partial charge on any atom is -0.345 e. The van der Waals surface area contributed by atoms with Gasteiger partial charge in [0.2, 0.25) is 5.91 Å². The third-order valence-corrected chi connectivity index (χ3v) is 6.95. The van der Waals surface area contributed by atoms with Crippen LogP contribution in [-0.2, 0) is 9.59 Å². The number of amides is 2. The number of carbonyl (C=O) groups is 2. The molecule has 1 aromatic heterocycles. The summed E-state index contributed by atoms with van der Waals surface area (Å²) in [7, 11) is 0. The lowest BCUT2D eigenvalue weighted by atomic mass is 9.94. The van der Waals surface area contributed by atoms with Crippen LogP contribution in [0.15, 0.2) is 72.9 Å². The van der Waals surface area contributed by atoms with Crippen molar-refractivity contribution < 1.29 is 22.8 Å². The lowest BCUT2D eigenvalue weighted by molar-refractivity contribution is -0.144.